The van der Waals surface area contributed by atoms with Crippen LogP contribution >= 0.6 is 0 Å². The molecule has 2 rings (SSSR count). The number of hydrogen-bond donors (Lipinski definition) is 1. The van der Waals surface area contributed by atoms with Crippen LogP contribution in [0.25, 0.3) is 11.0 Å². The number of benzene rings is 1. The highest BCUT2D eigenvalue weighted by atomic mass is 16.4. The Bertz CT molecular complexity index is 627. The molecule has 1 aromatic heterocycles. The third kappa shape index (κ3) is 3.26. The molecule has 1 heterocycles. The molecule has 1 aromatic carbocycles. The maximum Gasteiger partial charge on any atom is 0.335 e. The molecule has 0 saturated carbocycles. The van der Waals surface area contributed by atoms with E-state index in [1.807, 2.05) is 6.07 Å². The van der Waals surface area contributed by atoms with Crippen LogP contribution in [0, 0.1) is 5.92 Å². The smallest absolute Gasteiger partial charge is 0.335 e. The quantitative estimate of drug-likeness (QED) is 0.833. The monoisotopic (exact) mass is 288 g/mol. The number of aromatic nitrogens is 2. The Morgan fingerprint density at radius 2 is 2.00 bits per heavy atom. The van der Waals surface area contributed by atoms with Gasteiger partial charge in [0.15, 0.2) is 0 Å². The van der Waals surface area contributed by atoms with E-state index >= 15 is 0 Å². The molecule has 1 N–H and O–H groups in total. The second-order valence-electron chi connectivity index (χ2n) is 5.58. The fourth-order valence-electron chi connectivity index (χ4n) is 2.73. The molecule has 0 aliphatic rings. The van der Waals surface area contributed by atoms with Crippen molar-refractivity contribution in [1.29, 1.82) is 0 Å². The van der Waals surface area contributed by atoms with Crippen LogP contribution in [-0.2, 0) is 13.0 Å². The van der Waals surface area contributed by atoms with Gasteiger partial charge in [-0.05, 0) is 30.5 Å². The van der Waals surface area contributed by atoms with Crippen molar-refractivity contribution in [1.82, 2.24) is 9.55 Å². The predicted molar refractivity (Wildman–Crippen MR) is 84.8 cm³/mol. The lowest BCUT2D eigenvalue weighted by Gasteiger charge is -2.16. The molecular weight excluding hydrogens is 264 g/mol. The molecule has 0 unspecified atom stereocenters. The molecule has 4 heteroatoms. The Morgan fingerprint density at radius 3 is 2.57 bits per heavy atom. The van der Waals surface area contributed by atoms with Crippen LogP contribution in [0.4, 0.5) is 0 Å². The van der Waals surface area contributed by atoms with Crippen molar-refractivity contribution in [3.05, 3.63) is 29.6 Å². The summed E-state index contributed by atoms with van der Waals surface area (Å²) < 4.78 is 2.23. The van der Waals surface area contributed by atoms with Crippen LogP contribution in [0.2, 0.25) is 0 Å². The van der Waals surface area contributed by atoms with Crippen LogP contribution < -0.4 is 0 Å². The lowest BCUT2D eigenvalue weighted by atomic mass is 10.0. The summed E-state index contributed by atoms with van der Waals surface area (Å²) in [5.74, 6) is 0.789. The van der Waals surface area contributed by atoms with E-state index in [-0.39, 0.29) is 0 Å². The van der Waals surface area contributed by atoms with Crippen LogP contribution in [0.1, 0.15) is 56.2 Å². The maximum atomic E-state index is 11.2. The van der Waals surface area contributed by atoms with Gasteiger partial charge in [0, 0.05) is 13.0 Å². The Morgan fingerprint density at radius 1 is 1.29 bits per heavy atom. The first-order valence-electron chi connectivity index (χ1n) is 7.83. The van der Waals surface area contributed by atoms with Gasteiger partial charge in [-0.25, -0.2) is 9.78 Å². The molecule has 2 aromatic rings. The van der Waals surface area contributed by atoms with Crippen molar-refractivity contribution in [3.63, 3.8) is 0 Å². The normalized spacial score (nSPS) is 11.4. The van der Waals surface area contributed by atoms with Gasteiger partial charge in [0.1, 0.15) is 5.82 Å². The van der Waals surface area contributed by atoms with E-state index in [4.69, 9.17) is 4.98 Å². The third-order valence-electron chi connectivity index (χ3n) is 4.14. The number of imidazole rings is 1. The first kappa shape index (κ1) is 15.5. The van der Waals surface area contributed by atoms with Gasteiger partial charge in [0.05, 0.1) is 16.6 Å². The van der Waals surface area contributed by atoms with Gasteiger partial charge in [-0.2, -0.15) is 0 Å². The second kappa shape index (κ2) is 6.74. The first-order chi connectivity index (χ1) is 10.1. The van der Waals surface area contributed by atoms with Gasteiger partial charge in [-0.15, -0.1) is 0 Å². The number of carbonyl (C=O) groups is 1. The fourth-order valence-corrected chi connectivity index (χ4v) is 2.73. The summed E-state index contributed by atoms with van der Waals surface area (Å²) >= 11 is 0. The Kier molecular flexibility index (Phi) is 4.99. The maximum absolute atomic E-state index is 11.2. The zero-order valence-corrected chi connectivity index (χ0v) is 13.1. The Hall–Kier alpha value is -1.84. The van der Waals surface area contributed by atoms with E-state index < -0.39 is 5.97 Å². The van der Waals surface area contributed by atoms with Gasteiger partial charge >= 0.3 is 5.97 Å². The highest BCUT2D eigenvalue weighted by molar-refractivity contribution is 5.92. The molecule has 114 valence electrons. The number of fused-ring (bicyclic) bond motifs is 1. The van der Waals surface area contributed by atoms with Gasteiger partial charge in [0.2, 0.25) is 0 Å². The van der Waals surface area contributed by atoms with Crippen molar-refractivity contribution in [2.45, 2.75) is 53.0 Å². The summed E-state index contributed by atoms with van der Waals surface area (Å²) in [6.07, 6.45) is 4.22. The van der Waals surface area contributed by atoms with Crippen LogP contribution in [-0.4, -0.2) is 20.6 Å². The Balaban J connectivity index is 2.52. The average molecular weight is 288 g/mol. The fraction of sp³-hybridized carbons (Fsp3) is 0.529. The van der Waals surface area contributed by atoms with Crippen LogP contribution in [0.3, 0.4) is 0 Å². The molecule has 0 atom stereocenters. The average Bonchev–Trinajstić information content (AvgIpc) is 2.81. The molecule has 0 aliphatic carbocycles. The largest absolute Gasteiger partial charge is 0.478 e. The van der Waals surface area contributed by atoms with Gasteiger partial charge in [0.25, 0.3) is 0 Å². The first-order valence-corrected chi connectivity index (χ1v) is 7.83. The summed E-state index contributed by atoms with van der Waals surface area (Å²) in [6.45, 7) is 7.47. The standard InChI is InChI=1S/C17H24N2O2/c1-4-7-16-18-14-9-8-13(17(20)21)10-15(14)19(16)11-12(5-2)6-3/h8-10,12H,4-7,11H2,1-3H3,(H,20,21). The predicted octanol–water partition coefficient (Wildman–Crippen LogP) is 4.12. The molecule has 21 heavy (non-hydrogen) atoms. The Labute approximate surface area is 125 Å². The molecule has 0 saturated heterocycles. The summed E-state index contributed by atoms with van der Waals surface area (Å²) in [7, 11) is 0. The van der Waals surface area contributed by atoms with E-state index in [0.717, 1.165) is 49.1 Å². The molecule has 0 aliphatic heterocycles. The highest BCUT2D eigenvalue weighted by Crippen LogP contribution is 2.22. The molecule has 0 spiro atoms. The van der Waals surface area contributed by atoms with Crippen molar-refractivity contribution in [2.24, 2.45) is 5.92 Å². The number of aromatic carboxylic acids is 1. The van der Waals surface area contributed by atoms with Gasteiger partial charge < -0.3 is 9.67 Å². The molecular formula is C17H24N2O2. The van der Waals surface area contributed by atoms with E-state index in [9.17, 15) is 9.90 Å². The number of nitrogens with zero attached hydrogens (tertiary/aromatic N) is 2. The topological polar surface area (TPSA) is 55.1 Å². The number of hydrogen-bond acceptors (Lipinski definition) is 2. The minimum absolute atomic E-state index is 0.330. The van der Waals surface area contributed by atoms with Crippen LogP contribution in [0.5, 0.6) is 0 Å². The minimum Gasteiger partial charge on any atom is -0.478 e. The summed E-state index contributed by atoms with van der Waals surface area (Å²) in [4.78, 5) is 15.9. The van der Waals surface area contributed by atoms with Gasteiger partial charge in [-0.1, -0.05) is 33.6 Å². The lowest BCUT2D eigenvalue weighted by molar-refractivity contribution is 0.0697. The minimum atomic E-state index is -0.885. The van der Waals surface area contributed by atoms with Crippen molar-refractivity contribution in [3.8, 4) is 0 Å². The van der Waals surface area contributed by atoms with Crippen molar-refractivity contribution in [2.75, 3.05) is 0 Å². The van der Waals surface area contributed by atoms with E-state index in [1.54, 1.807) is 12.1 Å². The highest BCUT2D eigenvalue weighted by Gasteiger charge is 2.15. The molecule has 0 radical (unpaired) electrons. The molecule has 0 bridgehead atoms. The van der Waals surface area contributed by atoms with Gasteiger partial charge in [-0.3, -0.25) is 0 Å². The molecule has 0 amide bonds. The van der Waals surface area contributed by atoms with Crippen LogP contribution in [0.15, 0.2) is 18.2 Å². The number of carboxylic acid groups (broad SMARTS) is 1. The third-order valence-corrected chi connectivity index (χ3v) is 4.14. The summed E-state index contributed by atoms with van der Waals surface area (Å²) in [6, 6.07) is 5.21. The second-order valence-corrected chi connectivity index (χ2v) is 5.58. The lowest BCUT2D eigenvalue weighted by Crippen LogP contribution is -2.12. The number of carboxylic acids is 1. The zero-order valence-electron chi connectivity index (χ0n) is 13.1. The number of rotatable bonds is 7. The molecule has 4 nitrogen and oxygen atoms in total. The number of aryl methyl sites for hydroxylation is 1. The zero-order chi connectivity index (χ0) is 15.4. The van der Waals surface area contributed by atoms with E-state index in [0.29, 0.717) is 11.5 Å². The molecule has 0 fully saturated rings. The summed E-state index contributed by atoms with van der Waals surface area (Å²) in [5, 5.41) is 9.19. The SMILES string of the molecule is CCCc1nc2ccc(C(=O)O)cc2n1CC(CC)CC. The van der Waals surface area contributed by atoms with E-state index in [2.05, 4.69) is 25.3 Å². The van der Waals surface area contributed by atoms with Crippen molar-refractivity contribution < 1.29 is 9.90 Å². The summed E-state index contributed by atoms with van der Waals surface area (Å²) in [5.41, 5.74) is 2.18. The van der Waals surface area contributed by atoms with E-state index in [1.165, 1.54) is 0 Å². The van der Waals surface area contributed by atoms with Crippen molar-refractivity contribution >= 4 is 17.0 Å².